The van der Waals surface area contributed by atoms with E-state index in [4.69, 9.17) is 12.6 Å². The summed E-state index contributed by atoms with van der Waals surface area (Å²) in [6.07, 6.45) is 7.47. The van der Waals surface area contributed by atoms with Crippen molar-refractivity contribution >= 4 is 62.4 Å². The van der Waals surface area contributed by atoms with E-state index in [2.05, 4.69) is 54.1 Å². The molecule has 0 fully saturated rings. The first-order chi connectivity index (χ1) is 16.2. The molecule has 0 amide bonds. The van der Waals surface area contributed by atoms with Crippen molar-refractivity contribution in [2.45, 2.75) is 14.7 Å². The molecule has 0 saturated heterocycles. The third-order valence-corrected chi connectivity index (χ3v) is 6.14. The van der Waals surface area contributed by atoms with Gasteiger partial charge in [-0.2, -0.15) is 4.90 Å². The number of fused-ring (bicyclic) bond motifs is 2. The maximum atomic E-state index is 4.81. The average molecular weight is 533 g/mol. The molecule has 164 valence electrons. The summed E-state index contributed by atoms with van der Waals surface area (Å²) in [6.45, 7) is 0. The molecule has 0 radical (unpaired) electrons. The van der Waals surface area contributed by atoms with Crippen LogP contribution in [0.15, 0.2) is 129 Å². The Kier molecular flexibility index (Phi) is 8.14. The third kappa shape index (κ3) is 6.92. The molecule has 4 heterocycles. The lowest BCUT2D eigenvalue weighted by molar-refractivity contribution is 1.26. The van der Waals surface area contributed by atoms with Crippen molar-refractivity contribution in [3.05, 3.63) is 114 Å². The highest BCUT2D eigenvalue weighted by Gasteiger charge is 2.00. The molecule has 0 aliphatic carbocycles. The Hall–Kier alpha value is -3.13. The number of benzene rings is 2. The lowest BCUT2D eigenvalue weighted by atomic mass is 10.3. The van der Waals surface area contributed by atoms with Crippen molar-refractivity contribution in [2.24, 2.45) is 0 Å². The average Bonchev–Trinajstić information content (AvgIpc) is 3.50. The number of aromatic nitrogens is 4. The van der Waals surface area contributed by atoms with Crippen molar-refractivity contribution in [2.75, 3.05) is 0 Å². The van der Waals surface area contributed by atoms with Gasteiger partial charge in [-0.15, -0.1) is 0 Å². The fourth-order valence-corrected chi connectivity index (χ4v) is 4.30. The van der Waals surface area contributed by atoms with E-state index >= 15 is 0 Å². The quantitative estimate of drug-likeness (QED) is 0.225. The van der Waals surface area contributed by atoms with Gasteiger partial charge >= 0.3 is 0 Å². The second-order valence-electron chi connectivity index (χ2n) is 6.88. The molecule has 2 N–H and O–H groups in total. The van der Waals surface area contributed by atoms with Crippen LogP contribution >= 0.6 is 27.7 Å². The highest BCUT2D eigenvalue weighted by molar-refractivity contribution is 9.10. The molecule has 0 aliphatic heterocycles. The van der Waals surface area contributed by atoms with Crippen LogP contribution in [0.1, 0.15) is 0 Å². The fraction of sp³-hybridized carbons (Fsp3) is 0. The second kappa shape index (κ2) is 11.7. The van der Waals surface area contributed by atoms with Crippen molar-refractivity contribution in [3.8, 4) is 0 Å². The molecule has 0 saturated carbocycles. The molecule has 0 unspecified atom stereocenters. The van der Waals surface area contributed by atoms with Gasteiger partial charge in [0.05, 0.1) is 0 Å². The first-order valence-electron chi connectivity index (χ1n) is 10.1. The zero-order chi connectivity index (χ0) is 22.9. The van der Waals surface area contributed by atoms with E-state index in [1.54, 1.807) is 18.0 Å². The zero-order valence-electron chi connectivity index (χ0n) is 17.5. The highest BCUT2D eigenvalue weighted by atomic mass is 79.9. The number of nitrogens with zero attached hydrogens (tertiary/aromatic N) is 2. The molecule has 0 bridgehead atoms. The Bertz CT molecular complexity index is 1420. The van der Waals surface area contributed by atoms with Crippen LogP contribution < -0.4 is 0 Å². The Morgan fingerprint density at radius 2 is 1.24 bits per heavy atom. The van der Waals surface area contributed by atoms with Gasteiger partial charge < -0.3 is 22.6 Å². The van der Waals surface area contributed by atoms with Crippen LogP contribution in [0, 0.1) is 0 Å². The number of H-pyrrole nitrogens is 2. The van der Waals surface area contributed by atoms with Crippen molar-refractivity contribution in [3.63, 3.8) is 0 Å². The Labute approximate surface area is 210 Å². The zero-order valence-corrected chi connectivity index (χ0v) is 20.7. The Morgan fingerprint density at radius 1 is 0.667 bits per heavy atom. The molecule has 0 spiro atoms. The summed E-state index contributed by atoms with van der Waals surface area (Å²) in [4.78, 5) is 17.9. The van der Waals surface area contributed by atoms with E-state index in [1.165, 1.54) is 9.79 Å². The molecule has 6 rings (SSSR count). The van der Waals surface area contributed by atoms with Crippen LogP contribution in [-0.4, -0.2) is 19.9 Å². The topological polar surface area (TPSA) is 57.4 Å². The number of nitrogens with one attached hydrogen (secondary N) is 2. The van der Waals surface area contributed by atoms with Gasteiger partial charge in [-0.05, 0) is 52.3 Å². The molecule has 7 heteroatoms. The van der Waals surface area contributed by atoms with Gasteiger partial charge in [0, 0.05) is 49.8 Å². The predicted molar refractivity (Wildman–Crippen MR) is 143 cm³/mol. The fourth-order valence-electron chi connectivity index (χ4n) is 2.93. The van der Waals surface area contributed by atoms with Crippen LogP contribution in [0.5, 0.6) is 0 Å². The maximum absolute atomic E-state index is 4.81. The highest BCUT2D eigenvalue weighted by Crippen LogP contribution is 2.28. The van der Waals surface area contributed by atoms with E-state index in [0.29, 0.717) is 0 Å². The lowest BCUT2D eigenvalue weighted by Crippen LogP contribution is -1.78. The molecular formula is C26H20BrN4S2-. The van der Waals surface area contributed by atoms with Gasteiger partial charge in [0.15, 0.2) is 0 Å². The molecule has 33 heavy (non-hydrogen) atoms. The number of hydrogen-bond acceptors (Lipinski definition) is 4. The van der Waals surface area contributed by atoms with Gasteiger partial charge in [-0.3, -0.25) is 0 Å². The van der Waals surface area contributed by atoms with E-state index in [1.807, 2.05) is 85.3 Å². The Morgan fingerprint density at radius 3 is 1.85 bits per heavy atom. The monoisotopic (exact) mass is 531 g/mol. The van der Waals surface area contributed by atoms with Gasteiger partial charge in [-0.25, -0.2) is 9.97 Å². The largest absolute Gasteiger partial charge is 0.780 e. The van der Waals surface area contributed by atoms with Crippen LogP contribution in [0.2, 0.25) is 0 Å². The van der Waals surface area contributed by atoms with E-state index in [9.17, 15) is 0 Å². The normalized spacial score (nSPS) is 10.2. The molecule has 0 atom stereocenters. The molecule has 0 aliphatic rings. The number of pyridine rings is 2. The van der Waals surface area contributed by atoms with Crippen LogP contribution in [0.3, 0.4) is 0 Å². The SMILES string of the molecule is Brc1cnc2[nH]ccc2c1.[S-]c1ccccc1.c1ccc(Sc2cnc3[nH]ccc3c2)cc1. The van der Waals surface area contributed by atoms with E-state index < -0.39 is 0 Å². The van der Waals surface area contributed by atoms with E-state index in [0.717, 1.165) is 31.4 Å². The lowest BCUT2D eigenvalue weighted by Gasteiger charge is -2.00. The molecule has 2 aromatic carbocycles. The van der Waals surface area contributed by atoms with Crippen molar-refractivity contribution in [1.82, 2.24) is 19.9 Å². The van der Waals surface area contributed by atoms with Crippen LogP contribution in [-0.2, 0) is 12.6 Å². The van der Waals surface area contributed by atoms with E-state index in [-0.39, 0.29) is 0 Å². The molecule has 4 aromatic heterocycles. The summed E-state index contributed by atoms with van der Waals surface area (Å²) in [5, 5.41) is 2.29. The van der Waals surface area contributed by atoms with Gasteiger partial charge in [0.2, 0.25) is 0 Å². The number of rotatable bonds is 2. The predicted octanol–water partition coefficient (Wildman–Crippen LogP) is 7.63. The minimum absolute atomic E-state index is 0.905. The number of hydrogen-bond donors (Lipinski definition) is 2. The van der Waals surface area contributed by atoms with Crippen LogP contribution in [0.4, 0.5) is 0 Å². The summed E-state index contributed by atoms with van der Waals surface area (Å²) in [5.74, 6) is 0. The Balaban J connectivity index is 0.000000130. The summed E-state index contributed by atoms with van der Waals surface area (Å²) >= 11 is 9.88. The number of halogens is 1. The maximum Gasteiger partial charge on any atom is 0.137 e. The summed E-state index contributed by atoms with van der Waals surface area (Å²) in [7, 11) is 0. The standard InChI is InChI=1S/C13H10N2S.C7H5BrN2.C6H6S/c1-2-4-11(5-3-1)16-12-8-10-6-7-14-13(10)15-9-12;8-6-3-5-1-2-9-7(5)10-4-6;7-6-4-2-1-3-5-6/h1-9H,(H,14,15);1-4H,(H,9,10);1-5,7H/p-1. The smallest absolute Gasteiger partial charge is 0.137 e. The molecular weight excluding hydrogens is 512 g/mol. The van der Waals surface area contributed by atoms with Gasteiger partial charge in [0.25, 0.3) is 0 Å². The molecule has 4 nitrogen and oxygen atoms in total. The third-order valence-electron chi connectivity index (χ3n) is 4.46. The summed E-state index contributed by atoms with van der Waals surface area (Å²) < 4.78 is 1.01. The first kappa shape index (κ1) is 23.0. The second-order valence-corrected chi connectivity index (χ2v) is 9.42. The van der Waals surface area contributed by atoms with Gasteiger partial charge in [-0.1, -0.05) is 60.3 Å². The van der Waals surface area contributed by atoms with Crippen molar-refractivity contribution in [1.29, 1.82) is 0 Å². The molecule has 6 aromatic rings. The van der Waals surface area contributed by atoms with Crippen molar-refractivity contribution < 1.29 is 0 Å². The minimum atomic E-state index is 0.905. The number of aromatic amines is 2. The van der Waals surface area contributed by atoms with Crippen LogP contribution in [0.25, 0.3) is 22.1 Å². The first-order valence-corrected chi connectivity index (χ1v) is 12.2. The van der Waals surface area contributed by atoms with Gasteiger partial charge in [0.1, 0.15) is 11.3 Å². The minimum Gasteiger partial charge on any atom is -0.780 e. The summed E-state index contributed by atoms with van der Waals surface area (Å²) in [5.41, 5.74) is 1.88. The summed E-state index contributed by atoms with van der Waals surface area (Å²) in [6, 6.07) is 28.1.